The van der Waals surface area contributed by atoms with Gasteiger partial charge in [-0.25, -0.2) is 14.6 Å². The number of hydrogen-bond donors (Lipinski definition) is 0. The molecule has 4 aromatic rings. The fraction of sp³-hybridized carbons (Fsp3) is 0.286. The van der Waals surface area contributed by atoms with Crippen LogP contribution in [0.5, 0.6) is 0 Å². The summed E-state index contributed by atoms with van der Waals surface area (Å²) in [7, 11) is 0. The van der Waals surface area contributed by atoms with E-state index in [4.69, 9.17) is 0 Å². The van der Waals surface area contributed by atoms with Crippen LogP contribution < -0.4 is 0 Å². The van der Waals surface area contributed by atoms with Crippen LogP contribution in [0, 0.1) is 0 Å². The predicted molar refractivity (Wildman–Crippen MR) is 108 cm³/mol. The molecular formula is C21H22N4S. The van der Waals surface area contributed by atoms with Crippen LogP contribution in [-0.2, 0) is 0 Å². The first kappa shape index (κ1) is 16.9. The number of hydrogen-bond acceptors (Lipinski definition) is 4. The molecule has 2 aromatic heterocycles. The Morgan fingerprint density at radius 3 is 2.27 bits per heavy atom. The first-order valence-corrected chi connectivity index (χ1v) is 9.81. The molecule has 4 rings (SSSR count). The third-order valence-corrected chi connectivity index (χ3v) is 5.50. The highest BCUT2D eigenvalue weighted by Crippen LogP contribution is 2.35. The molecule has 0 aliphatic rings. The van der Waals surface area contributed by atoms with Crippen molar-refractivity contribution in [1.82, 2.24) is 19.7 Å². The highest BCUT2D eigenvalue weighted by molar-refractivity contribution is 7.16. The van der Waals surface area contributed by atoms with Gasteiger partial charge in [-0.3, -0.25) is 0 Å². The van der Waals surface area contributed by atoms with E-state index in [2.05, 4.69) is 79.2 Å². The van der Waals surface area contributed by atoms with Gasteiger partial charge in [0.05, 0.1) is 21.4 Å². The van der Waals surface area contributed by atoms with E-state index >= 15 is 0 Å². The van der Waals surface area contributed by atoms with Gasteiger partial charge in [-0.05, 0) is 35.1 Å². The topological polar surface area (TPSA) is 43.6 Å². The van der Waals surface area contributed by atoms with Gasteiger partial charge in [0.25, 0.3) is 0 Å². The SMILES string of the molecule is CC(C)c1cccc(C(C)C)c1-n1ncnc1-c1cccc2scnc12. The fourth-order valence-corrected chi connectivity index (χ4v) is 4.12. The zero-order valence-corrected chi connectivity index (χ0v) is 16.3. The Balaban J connectivity index is 2.01. The van der Waals surface area contributed by atoms with E-state index in [0.29, 0.717) is 11.8 Å². The quantitative estimate of drug-likeness (QED) is 0.461. The van der Waals surface area contributed by atoms with Crippen LogP contribution >= 0.6 is 11.3 Å². The minimum Gasteiger partial charge on any atom is -0.244 e. The number of thiazole rings is 1. The van der Waals surface area contributed by atoms with Crippen LogP contribution in [0.3, 0.4) is 0 Å². The van der Waals surface area contributed by atoms with Crippen molar-refractivity contribution in [3.63, 3.8) is 0 Å². The number of rotatable bonds is 4. The molecule has 0 aliphatic carbocycles. The van der Waals surface area contributed by atoms with Gasteiger partial charge < -0.3 is 0 Å². The van der Waals surface area contributed by atoms with Gasteiger partial charge in [-0.15, -0.1) is 11.3 Å². The standard InChI is InChI=1S/C21H22N4S/c1-13(2)15-7-5-8-16(14(3)4)20(15)25-21(22-11-24-25)17-9-6-10-18-19(17)23-12-26-18/h5-14H,1-4H3. The molecule has 0 spiro atoms. The minimum absolute atomic E-state index is 0.399. The highest BCUT2D eigenvalue weighted by atomic mass is 32.1. The Morgan fingerprint density at radius 1 is 0.885 bits per heavy atom. The second kappa shape index (κ2) is 6.65. The minimum atomic E-state index is 0.399. The van der Waals surface area contributed by atoms with E-state index in [9.17, 15) is 0 Å². The molecule has 0 N–H and O–H groups in total. The number of nitrogens with zero attached hydrogens (tertiary/aromatic N) is 4. The van der Waals surface area contributed by atoms with Crippen molar-refractivity contribution in [3.8, 4) is 17.1 Å². The van der Waals surface area contributed by atoms with Crippen LogP contribution in [-0.4, -0.2) is 19.7 Å². The van der Waals surface area contributed by atoms with Gasteiger partial charge in [0.15, 0.2) is 5.82 Å². The summed E-state index contributed by atoms with van der Waals surface area (Å²) in [5.41, 5.74) is 7.62. The normalized spacial score (nSPS) is 11.8. The largest absolute Gasteiger partial charge is 0.244 e. The molecule has 132 valence electrons. The smallest absolute Gasteiger partial charge is 0.165 e. The Hall–Kier alpha value is -2.53. The third-order valence-electron chi connectivity index (χ3n) is 4.70. The molecule has 0 saturated heterocycles. The summed E-state index contributed by atoms with van der Waals surface area (Å²) in [5.74, 6) is 1.64. The van der Waals surface area contributed by atoms with E-state index in [1.54, 1.807) is 17.7 Å². The van der Waals surface area contributed by atoms with Crippen molar-refractivity contribution in [3.05, 3.63) is 59.4 Å². The molecule has 0 saturated carbocycles. The lowest BCUT2D eigenvalue weighted by molar-refractivity contribution is 0.773. The molecule has 4 nitrogen and oxygen atoms in total. The fourth-order valence-electron chi connectivity index (χ4n) is 3.41. The second-order valence-corrected chi connectivity index (χ2v) is 7.98. The van der Waals surface area contributed by atoms with Gasteiger partial charge >= 0.3 is 0 Å². The maximum atomic E-state index is 4.62. The lowest BCUT2D eigenvalue weighted by Gasteiger charge is -2.20. The third kappa shape index (κ3) is 2.72. The van der Waals surface area contributed by atoms with Crippen molar-refractivity contribution in [1.29, 1.82) is 0 Å². The summed E-state index contributed by atoms with van der Waals surface area (Å²) < 4.78 is 3.16. The van der Waals surface area contributed by atoms with Gasteiger partial charge in [0.2, 0.25) is 0 Å². The lowest BCUT2D eigenvalue weighted by Crippen LogP contribution is -2.09. The summed E-state index contributed by atoms with van der Waals surface area (Å²) >= 11 is 1.65. The maximum absolute atomic E-state index is 4.62. The van der Waals surface area contributed by atoms with Crippen LogP contribution in [0.25, 0.3) is 27.3 Å². The second-order valence-electron chi connectivity index (χ2n) is 7.09. The first-order chi connectivity index (χ1) is 12.6. The van der Waals surface area contributed by atoms with Crippen LogP contribution in [0.4, 0.5) is 0 Å². The van der Waals surface area contributed by atoms with E-state index in [-0.39, 0.29) is 0 Å². The number of aromatic nitrogens is 4. The number of fused-ring (bicyclic) bond motifs is 1. The van der Waals surface area contributed by atoms with E-state index < -0.39 is 0 Å². The molecule has 0 atom stereocenters. The zero-order valence-electron chi connectivity index (χ0n) is 15.5. The Bertz CT molecular complexity index is 1030. The maximum Gasteiger partial charge on any atom is 0.165 e. The lowest BCUT2D eigenvalue weighted by atomic mass is 9.92. The Kier molecular flexibility index (Phi) is 4.32. The van der Waals surface area contributed by atoms with Crippen molar-refractivity contribution in [2.45, 2.75) is 39.5 Å². The summed E-state index contributed by atoms with van der Waals surface area (Å²) in [6.45, 7) is 8.89. The van der Waals surface area contributed by atoms with E-state index in [1.807, 2.05) is 10.2 Å². The van der Waals surface area contributed by atoms with Crippen molar-refractivity contribution < 1.29 is 0 Å². The van der Waals surface area contributed by atoms with E-state index in [1.165, 1.54) is 15.8 Å². The summed E-state index contributed by atoms with van der Waals surface area (Å²) in [6, 6.07) is 12.8. The number of para-hydroxylation sites is 2. The molecular weight excluding hydrogens is 340 g/mol. The monoisotopic (exact) mass is 362 g/mol. The van der Waals surface area contributed by atoms with Crippen molar-refractivity contribution >= 4 is 21.6 Å². The molecule has 0 radical (unpaired) electrons. The molecule has 0 bridgehead atoms. The average Bonchev–Trinajstić information content (AvgIpc) is 3.29. The van der Waals surface area contributed by atoms with Crippen LogP contribution in [0.1, 0.15) is 50.7 Å². The van der Waals surface area contributed by atoms with Crippen LogP contribution in [0.15, 0.2) is 48.2 Å². The molecule has 0 amide bonds. The molecule has 2 heterocycles. The molecule has 0 aliphatic heterocycles. The van der Waals surface area contributed by atoms with Crippen molar-refractivity contribution in [2.75, 3.05) is 0 Å². The van der Waals surface area contributed by atoms with Crippen molar-refractivity contribution in [2.24, 2.45) is 0 Å². The molecule has 0 fully saturated rings. The van der Waals surface area contributed by atoms with Gasteiger partial charge in [0, 0.05) is 5.56 Å². The summed E-state index contributed by atoms with van der Waals surface area (Å²) in [6.07, 6.45) is 1.64. The average molecular weight is 363 g/mol. The Labute approximate surface area is 157 Å². The molecule has 5 heteroatoms. The van der Waals surface area contributed by atoms with Crippen LogP contribution in [0.2, 0.25) is 0 Å². The summed E-state index contributed by atoms with van der Waals surface area (Å²) in [4.78, 5) is 9.17. The zero-order chi connectivity index (χ0) is 18.3. The molecule has 2 aromatic carbocycles. The Morgan fingerprint density at radius 2 is 1.58 bits per heavy atom. The molecule has 26 heavy (non-hydrogen) atoms. The number of benzene rings is 2. The highest BCUT2D eigenvalue weighted by Gasteiger charge is 2.20. The van der Waals surface area contributed by atoms with Gasteiger partial charge in [0.1, 0.15) is 6.33 Å². The van der Waals surface area contributed by atoms with E-state index in [0.717, 1.165) is 22.6 Å². The predicted octanol–water partition coefficient (Wildman–Crippen LogP) is 5.79. The molecule has 0 unspecified atom stereocenters. The van der Waals surface area contributed by atoms with Gasteiger partial charge in [-0.2, -0.15) is 5.10 Å². The summed E-state index contributed by atoms with van der Waals surface area (Å²) in [5, 5.41) is 4.62. The van der Waals surface area contributed by atoms with Gasteiger partial charge in [-0.1, -0.05) is 52.0 Å². The first-order valence-electron chi connectivity index (χ1n) is 8.93.